The number of hydrogen-bond donors (Lipinski definition) is 3. The van der Waals surface area contributed by atoms with Crippen molar-refractivity contribution in [2.24, 2.45) is 0 Å². The van der Waals surface area contributed by atoms with E-state index in [1.54, 1.807) is 12.1 Å². The summed E-state index contributed by atoms with van der Waals surface area (Å²) in [4.78, 5) is 4.46. The zero-order valence-corrected chi connectivity index (χ0v) is 20.8. The van der Waals surface area contributed by atoms with Crippen molar-refractivity contribution < 1.29 is 20.4 Å². The fourth-order valence-electron chi connectivity index (χ4n) is 6.38. The number of aliphatic hydroxyl groups excluding tert-OH is 1. The van der Waals surface area contributed by atoms with E-state index in [-0.39, 0.29) is 11.5 Å². The van der Waals surface area contributed by atoms with Gasteiger partial charge in [-0.3, -0.25) is 0 Å². The Balaban J connectivity index is 1.24. The van der Waals surface area contributed by atoms with Crippen LogP contribution in [0, 0.1) is 6.92 Å². The number of rotatable bonds is 5. The summed E-state index contributed by atoms with van der Waals surface area (Å²) in [7, 11) is 0. The summed E-state index contributed by atoms with van der Waals surface area (Å²) in [6.45, 7) is 7.53. The molecule has 1 saturated carbocycles. The molecule has 3 N–H and O–H groups in total. The van der Waals surface area contributed by atoms with Crippen molar-refractivity contribution in [2.75, 3.05) is 29.4 Å². The molecule has 0 aromatic heterocycles. The predicted octanol–water partition coefficient (Wildman–Crippen LogP) is 3.32. The van der Waals surface area contributed by atoms with E-state index in [0.717, 1.165) is 61.5 Å². The second-order valence-electron chi connectivity index (χ2n) is 10.6. The van der Waals surface area contributed by atoms with E-state index in [9.17, 15) is 20.4 Å². The Kier molecular flexibility index (Phi) is 5.61. The number of anilines is 2. The fourth-order valence-corrected chi connectivity index (χ4v) is 6.38. The Morgan fingerprint density at radius 3 is 1.89 bits per heavy atom. The normalized spacial score (nSPS) is 24.6. The molecule has 2 aliphatic heterocycles. The van der Waals surface area contributed by atoms with Gasteiger partial charge in [0.05, 0.1) is 6.10 Å². The van der Waals surface area contributed by atoms with Crippen LogP contribution in [-0.4, -0.2) is 47.2 Å². The van der Waals surface area contributed by atoms with Gasteiger partial charge in [-0.25, -0.2) is 0 Å². The van der Waals surface area contributed by atoms with Crippen molar-refractivity contribution in [2.45, 2.75) is 57.3 Å². The molecule has 4 unspecified atom stereocenters. The zero-order chi connectivity index (χ0) is 25.1. The van der Waals surface area contributed by atoms with Gasteiger partial charge in [-0.2, -0.15) is 0 Å². The molecule has 1 aliphatic carbocycles. The van der Waals surface area contributed by atoms with Gasteiger partial charge in [0.1, 0.15) is 11.5 Å². The standard InChI is InChI=1S/C30H33N2O4/c1-3-31-10-8-19-12-21(25(33)14-23(19)31)27-29(35)28(30(27)36)22-13-20-9-11-32(24(20)15-26(22)34)16-18-6-4-17(2)5-7-18/h4-7,12-15,27-30,33-35H,3,8-11,16H2,1-2H3/q-1. The number of aromatic hydroxyl groups is 2. The van der Waals surface area contributed by atoms with Crippen molar-refractivity contribution in [3.63, 3.8) is 0 Å². The summed E-state index contributed by atoms with van der Waals surface area (Å²) >= 11 is 0. The van der Waals surface area contributed by atoms with E-state index < -0.39 is 24.0 Å². The predicted molar refractivity (Wildman–Crippen MR) is 139 cm³/mol. The molecule has 188 valence electrons. The molecule has 36 heavy (non-hydrogen) atoms. The number of likely N-dealkylation sites (N-methyl/N-ethyl adjacent to an activating group) is 1. The highest BCUT2D eigenvalue weighted by molar-refractivity contribution is 5.66. The molecule has 3 aromatic rings. The molecule has 0 saturated heterocycles. The monoisotopic (exact) mass is 485 g/mol. The molecular formula is C30H33N2O4-. The summed E-state index contributed by atoms with van der Waals surface area (Å²) in [5, 5.41) is 46.2. The fraction of sp³-hybridized carbons (Fsp3) is 0.400. The lowest BCUT2D eigenvalue weighted by atomic mass is 9.62. The third-order valence-corrected chi connectivity index (χ3v) is 8.48. The number of aryl methyl sites for hydroxylation is 1. The van der Waals surface area contributed by atoms with Gasteiger partial charge in [-0.15, -0.1) is 6.10 Å². The zero-order valence-electron chi connectivity index (χ0n) is 20.8. The van der Waals surface area contributed by atoms with Crippen molar-refractivity contribution in [1.82, 2.24) is 0 Å². The van der Waals surface area contributed by atoms with Crippen LogP contribution >= 0.6 is 0 Å². The first-order chi connectivity index (χ1) is 17.4. The van der Waals surface area contributed by atoms with E-state index in [4.69, 9.17) is 0 Å². The van der Waals surface area contributed by atoms with Crippen LogP contribution in [0.3, 0.4) is 0 Å². The topological polar surface area (TPSA) is 90.2 Å². The molecule has 6 nitrogen and oxygen atoms in total. The molecule has 1 fully saturated rings. The molecule has 0 bridgehead atoms. The number of benzene rings is 3. The van der Waals surface area contributed by atoms with E-state index >= 15 is 0 Å². The van der Waals surface area contributed by atoms with Crippen LogP contribution in [0.1, 0.15) is 52.1 Å². The maximum absolute atomic E-state index is 13.4. The highest BCUT2D eigenvalue weighted by Gasteiger charge is 2.47. The first-order valence-electron chi connectivity index (χ1n) is 13.0. The molecule has 4 atom stereocenters. The number of nitrogens with zero attached hydrogens (tertiary/aromatic N) is 2. The van der Waals surface area contributed by atoms with Crippen LogP contribution < -0.4 is 14.9 Å². The smallest absolute Gasteiger partial charge is 0.121 e. The van der Waals surface area contributed by atoms with E-state index in [2.05, 4.69) is 47.9 Å². The summed E-state index contributed by atoms with van der Waals surface area (Å²) in [5.41, 5.74) is 7.69. The Morgan fingerprint density at radius 2 is 1.36 bits per heavy atom. The second-order valence-corrected chi connectivity index (χ2v) is 10.6. The van der Waals surface area contributed by atoms with Crippen LogP contribution in [0.5, 0.6) is 11.5 Å². The van der Waals surface area contributed by atoms with Crippen LogP contribution in [0.25, 0.3) is 0 Å². The van der Waals surface area contributed by atoms with Crippen molar-refractivity contribution in [3.8, 4) is 11.5 Å². The molecule has 2 heterocycles. The van der Waals surface area contributed by atoms with Gasteiger partial charge < -0.3 is 30.2 Å². The van der Waals surface area contributed by atoms with Gasteiger partial charge in [-0.1, -0.05) is 29.8 Å². The third kappa shape index (κ3) is 3.62. The lowest BCUT2D eigenvalue weighted by Gasteiger charge is -2.55. The van der Waals surface area contributed by atoms with Gasteiger partial charge in [0, 0.05) is 61.5 Å². The minimum atomic E-state index is -1.14. The highest BCUT2D eigenvalue weighted by atomic mass is 16.3. The first-order valence-corrected chi connectivity index (χ1v) is 13.0. The summed E-state index contributed by atoms with van der Waals surface area (Å²) in [6.07, 6.45) is -0.378. The maximum atomic E-state index is 13.4. The minimum absolute atomic E-state index is 0.0599. The van der Waals surface area contributed by atoms with E-state index in [1.807, 2.05) is 12.1 Å². The average molecular weight is 486 g/mol. The summed E-state index contributed by atoms with van der Waals surface area (Å²) in [6, 6.07) is 15.8. The molecule has 6 heteroatoms. The van der Waals surface area contributed by atoms with Crippen molar-refractivity contribution in [1.29, 1.82) is 0 Å². The van der Waals surface area contributed by atoms with Crippen LogP contribution in [0.2, 0.25) is 0 Å². The molecular weight excluding hydrogens is 452 g/mol. The molecule has 0 amide bonds. The number of hydrogen-bond acceptors (Lipinski definition) is 6. The Labute approximate surface area is 212 Å². The lowest BCUT2D eigenvalue weighted by molar-refractivity contribution is -0.462. The highest BCUT2D eigenvalue weighted by Crippen LogP contribution is 2.53. The first kappa shape index (κ1) is 23.2. The molecule has 3 aromatic carbocycles. The van der Waals surface area contributed by atoms with Gasteiger partial charge in [-0.05, 0) is 66.6 Å². The third-order valence-electron chi connectivity index (χ3n) is 8.48. The SMILES string of the molecule is CCN1CCc2cc(C3C([O-])C(c4cc5c(cc4O)N(Cc4ccc(C)cc4)CC5)C3O)c(O)cc21. The minimum Gasteiger partial charge on any atom is -0.851 e. The summed E-state index contributed by atoms with van der Waals surface area (Å²) in [5.74, 6) is -1.26. The quantitative estimate of drug-likeness (QED) is 0.514. The van der Waals surface area contributed by atoms with E-state index in [0.29, 0.717) is 11.1 Å². The number of aliphatic hydroxyl groups is 1. The molecule has 0 radical (unpaired) electrons. The lowest BCUT2D eigenvalue weighted by Crippen LogP contribution is -2.58. The number of fused-ring (bicyclic) bond motifs is 2. The van der Waals surface area contributed by atoms with Gasteiger partial charge >= 0.3 is 0 Å². The summed E-state index contributed by atoms with van der Waals surface area (Å²) < 4.78 is 0. The Bertz CT molecular complexity index is 1300. The Hall–Kier alpha value is -3.22. The van der Waals surface area contributed by atoms with Crippen molar-refractivity contribution >= 4 is 11.4 Å². The largest absolute Gasteiger partial charge is 0.851 e. The van der Waals surface area contributed by atoms with Crippen molar-refractivity contribution in [3.05, 3.63) is 81.9 Å². The molecule has 0 spiro atoms. The number of phenols is 2. The van der Waals surface area contributed by atoms with Gasteiger partial charge in [0.15, 0.2) is 0 Å². The average Bonchev–Trinajstić information content (AvgIpc) is 3.44. The van der Waals surface area contributed by atoms with Gasteiger partial charge in [0.2, 0.25) is 0 Å². The molecule has 6 rings (SSSR count). The van der Waals surface area contributed by atoms with E-state index in [1.165, 1.54) is 11.1 Å². The molecule has 3 aliphatic rings. The van der Waals surface area contributed by atoms with Gasteiger partial charge in [0.25, 0.3) is 0 Å². The van der Waals surface area contributed by atoms with Crippen LogP contribution in [-0.2, 0) is 19.4 Å². The maximum Gasteiger partial charge on any atom is 0.121 e. The van der Waals surface area contributed by atoms with Crippen LogP contribution in [0.15, 0.2) is 48.5 Å². The van der Waals surface area contributed by atoms with Crippen LogP contribution in [0.4, 0.5) is 11.4 Å². The second kappa shape index (κ2) is 8.71. The number of phenolic OH excluding ortho intramolecular Hbond substituents is 2. The Morgan fingerprint density at radius 1 is 0.833 bits per heavy atom.